The van der Waals surface area contributed by atoms with Gasteiger partial charge in [-0.15, -0.1) is 0 Å². The molecule has 0 bridgehead atoms. The largest absolute Gasteiger partial charge is 0.497 e. The first-order valence-corrected chi connectivity index (χ1v) is 6.99. The quantitative estimate of drug-likeness (QED) is 0.848. The second-order valence-corrected chi connectivity index (χ2v) is 5.33. The number of nitrogens with one attached hydrogen (secondary N) is 1. The number of imide groups is 1. The summed E-state index contributed by atoms with van der Waals surface area (Å²) in [4.78, 5) is 35.4. The van der Waals surface area contributed by atoms with Crippen LogP contribution in [0.15, 0.2) is 30.6 Å². The molecule has 2 aliphatic heterocycles. The fourth-order valence-corrected chi connectivity index (χ4v) is 3.02. The number of hydrogen-bond acceptors (Lipinski definition) is 4. The summed E-state index contributed by atoms with van der Waals surface area (Å²) in [6, 6.07) is 6.17. The normalized spacial score (nSPS) is 20.1. The topological polar surface area (TPSA) is 78.5 Å². The molecule has 1 unspecified atom stereocenters. The maximum Gasteiger partial charge on any atom is 0.332 e. The van der Waals surface area contributed by atoms with Gasteiger partial charge in [0.2, 0.25) is 0 Å². The van der Waals surface area contributed by atoms with Gasteiger partial charge in [0.1, 0.15) is 11.8 Å². The summed E-state index contributed by atoms with van der Waals surface area (Å²) >= 11 is 0. The van der Waals surface area contributed by atoms with E-state index < -0.39 is 6.04 Å². The van der Waals surface area contributed by atoms with Gasteiger partial charge in [-0.05, 0) is 12.1 Å². The van der Waals surface area contributed by atoms with E-state index in [1.807, 2.05) is 0 Å². The van der Waals surface area contributed by atoms with Crippen LogP contribution in [0.4, 0.5) is 10.5 Å². The highest BCUT2D eigenvalue weighted by molar-refractivity contribution is 6.21. The molecule has 1 N–H and O–H groups in total. The van der Waals surface area contributed by atoms with Gasteiger partial charge in [-0.3, -0.25) is 4.79 Å². The third-order valence-corrected chi connectivity index (χ3v) is 4.15. The van der Waals surface area contributed by atoms with Crippen LogP contribution in [0.5, 0.6) is 5.75 Å². The molecule has 112 valence electrons. The van der Waals surface area contributed by atoms with Crippen LogP contribution in [0.3, 0.4) is 0 Å². The number of nitrogens with zero attached hydrogens (tertiary/aromatic N) is 3. The number of carbonyl (C=O) groups excluding carboxylic acids is 2. The van der Waals surface area contributed by atoms with E-state index in [0.29, 0.717) is 24.4 Å². The molecule has 3 heterocycles. The Morgan fingerprint density at radius 3 is 3.05 bits per heavy atom. The van der Waals surface area contributed by atoms with Crippen molar-refractivity contribution >= 4 is 17.6 Å². The molecule has 22 heavy (non-hydrogen) atoms. The highest BCUT2D eigenvalue weighted by Gasteiger charge is 2.48. The molecule has 0 saturated carbocycles. The second kappa shape index (κ2) is 4.59. The number of benzene rings is 1. The van der Waals surface area contributed by atoms with Gasteiger partial charge >= 0.3 is 6.03 Å². The molecule has 1 aromatic heterocycles. The minimum Gasteiger partial charge on any atom is -0.497 e. The molecule has 7 nitrogen and oxygen atoms in total. The number of carbonyl (C=O) groups is 2. The van der Waals surface area contributed by atoms with Gasteiger partial charge < -0.3 is 14.6 Å². The standard InChI is InChI=1S/C15H14N4O3/c1-22-10-4-2-3-9(5-10)19-14(20)13-6-11-12(17-8-16-11)7-18(13)15(19)21/h2-5,8,13H,6-7H2,1H3,(H,16,17). The van der Waals surface area contributed by atoms with Crippen molar-refractivity contribution in [2.24, 2.45) is 0 Å². The number of urea groups is 1. The monoisotopic (exact) mass is 298 g/mol. The number of ether oxygens (including phenoxy) is 1. The zero-order valence-corrected chi connectivity index (χ0v) is 11.9. The molecule has 3 amide bonds. The van der Waals surface area contributed by atoms with Crippen LogP contribution >= 0.6 is 0 Å². The SMILES string of the molecule is COc1cccc(N2C(=O)C3Cc4nc[nH]c4CN3C2=O)c1. The van der Waals surface area contributed by atoms with E-state index in [4.69, 9.17) is 4.74 Å². The van der Waals surface area contributed by atoms with Crippen molar-refractivity contribution in [2.45, 2.75) is 19.0 Å². The minimum atomic E-state index is -0.477. The lowest BCUT2D eigenvalue weighted by molar-refractivity contribution is -0.120. The molecular formula is C15H14N4O3. The predicted octanol–water partition coefficient (Wildman–Crippen LogP) is 1.31. The summed E-state index contributed by atoms with van der Waals surface area (Å²) in [7, 11) is 1.55. The molecular weight excluding hydrogens is 284 g/mol. The molecule has 1 saturated heterocycles. The molecule has 0 aliphatic carbocycles. The Kier molecular flexibility index (Phi) is 2.69. The van der Waals surface area contributed by atoms with Crippen molar-refractivity contribution in [3.8, 4) is 5.75 Å². The highest BCUT2D eigenvalue weighted by Crippen LogP contribution is 2.32. The zero-order valence-electron chi connectivity index (χ0n) is 11.9. The molecule has 1 atom stereocenters. The Bertz CT molecular complexity index is 731. The van der Waals surface area contributed by atoms with Crippen molar-refractivity contribution < 1.29 is 14.3 Å². The van der Waals surface area contributed by atoms with E-state index in [-0.39, 0.29) is 11.9 Å². The number of methoxy groups -OCH3 is 1. The van der Waals surface area contributed by atoms with Crippen molar-refractivity contribution in [1.29, 1.82) is 0 Å². The average Bonchev–Trinajstić information content (AvgIpc) is 3.09. The zero-order chi connectivity index (χ0) is 15.3. The van der Waals surface area contributed by atoms with Crippen LogP contribution < -0.4 is 9.64 Å². The van der Waals surface area contributed by atoms with Gasteiger partial charge in [-0.2, -0.15) is 0 Å². The lowest BCUT2D eigenvalue weighted by Crippen LogP contribution is -2.40. The van der Waals surface area contributed by atoms with E-state index in [0.717, 1.165) is 11.4 Å². The predicted molar refractivity (Wildman–Crippen MR) is 77.5 cm³/mol. The first-order valence-electron chi connectivity index (χ1n) is 6.99. The number of aromatic nitrogens is 2. The number of fused-ring (bicyclic) bond motifs is 2. The number of anilines is 1. The van der Waals surface area contributed by atoms with Crippen molar-refractivity contribution in [2.75, 3.05) is 12.0 Å². The van der Waals surface area contributed by atoms with E-state index in [1.54, 1.807) is 42.6 Å². The second-order valence-electron chi connectivity index (χ2n) is 5.33. The van der Waals surface area contributed by atoms with Gasteiger partial charge in [-0.25, -0.2) is 14.7 Å². The van der Waals surface area contributed by atoms with Gasteiger partial charge in [0.05, 0.1) is 37.1 Å². The van der Waals surface area contributed by atoms with E-state index in [1.165, 1.54) is 4.90 Å². The van der Waals surface area contributed by atoms with Crippen molar-refractivity contribution in [3.05, 3.63) is 42.0 Å². The maximum absolute atomic E-state index is 12.7. The van der Waals surface area contributed by atoms with Crippen molar-refractivity contribution in [3.63, 3.8) is 0 Å². The minimum absolute atomic E-state index is 0.216. The fourth-order valence-electron chi connectivity index (χ4n) is 3.02. The molecule has 2 aliphatic rings. The molecule has 0 radical (unpaired) electrons. The molecule has 2 aromatic rings. The van der Waals surface area contributed by atoms with Crippen LogP contribution in [0, 0.1) is 0 Å². The lowest BCUT2D eigenvalue weighted by Gasteiger charge is -2.25. The van der Waals surface area contributed by atoms with E-state index in [2.05, 4.69) is 9.97 Å². The molecule has 1 aromatic carbocycles. The first kappa shape index (κ1) is 12.9. The Hall–Kier alpha value is -2.83. The number of amides is 3. The smallest absolute Gasteiger partial charge is 0.332 e. The Labute approximate surface area is 126 Å². The van der Waals surface area contributed by atoms with Crippen molar-refractivity contribution in [1.82, 2.24) is 14.9 Å². The number of hydrogen-bond donors (Lipinski definition) is 1. The number of imidazole rings is 1. The molecule has 0 spiro atoms. The third kappa shape index (κ3) is 1.71. The number of H-pyrrole nitrogens is 1. The number of rotatable bonds is 2. The van der Waals surface area contributed by atoms with Crippen LogP contribution in [0.1, 0.15) is 11.4 Å². The fraction of sp³-hybridized carbons (Fsp3) is 0.267. The van der Waals surface area contributed by atoms with Gasteiger partial charge in [0, 0.05) is 12.5 Å². The summed E-state index contributed by atoms with van der Waals surface area (Å²) in [6.45, 7) is 0.380. The number of aromatic amines is 1. The maximum atomic E-state index is 12.7. The first-order chi connectivity index (χ1) is 10.7. The van der Waals surface area contributed by atoms with Gasteiger partial charge in [0.15, 0.2) is 0 Å². The Morgan fingerprint density at radius 1 is 1.36 bits per heavy atom. The molecule has 7 heteroatoms. The van der Waals surface area contributed by atoms with Crippen LogP contribution in [0.25, 0.3) is 0 Å². The lowest BCUT2D eigenvalue weighted by atomic mass is 10.0. The third-order valence-electron chi connectivity index (χ3n) is 4.15. The Morgan fingerprint density at radius 2 is 2.23 bits per heavy atom. The van der Waals surface area contributed by atoms with Crippen LogP contribution in [-0.4, -0.2) is 40.0 Å². The van der Waals surface area contributed by atoms with Gasteiger partial charge in [-0.1, -0.05) is 6.07 Å². The molecule has 4 rings (SSSR count). The summed E-state index contributed by atoms with van der Waals surface area (Å²) in [6.07, 6.45) is 2.05. The van der Waals surface area contributed by atoms with E-state index >= 15 is 0 Å². The molecule has 1 fully saturated rings. The van der Waals surface area contributed by atoms with Gasteiger partial charge in [0.25, 0.3) is 5.91 Å². The van der Waals surface area contributed by atoms with Crippen LogP contribution in [0.2, 0.25) is 0 Å². The summed E-state index contributed by atoms with van der Waals surface area (Å²) in [5.41, 5.74) is 2.28. The summed E-state index contributed by atoms with van der Waals surface area (Å²) < 4.78 is 5.16. The van der Waals surface area contributed by atoms with Crippen LogP contribution in [-0.2, 0) is 17.8 Å². The van der Waals surface area contributed by atoms with E-state index in [9.17, 15) is 9.59 Å². The highest BCUT2D eigenvalue weighted by atomic mass is 16.5. The summed E-state index contributed by atoms with van der Waals surface area (Å²) in [5.74, 6) is 0.391. The summed E-state index contributed by atoms with van der Waals surface area (Å²) in [5, 5.41) is 0. The Balaban J connectivity index is 1.71. The average molecular weight is 298 g/mol.